The van der Waals surface area contributed by atoms with Gasteiger partial charge in [0.25, 0.3) is 0 Å². The standard InChI is InChI=1S/C23H19F6N5O3/c24-22(25,26)13-3-12(4-14(6-13)23(27,28)29)10-37-21(36)34-8-15-16(9-34)19(15)20(35)30-7-11-1-2-17-18(5-11)32-33-31-17/h1-6,15-16,19H,7-10H2,(H,30,35)(H,31,32,33)/t15-,16+,19?. The summed E-state index contributed by atoms with van der Waals surface area (Å²) in [6.07, 6.45) is -10.8. The number of nitrogens with one attached hydrogen (secondary N) is 2. The van der Waals surface area contributed by atoms with Crippen molar-refractivity contribution in [2.75, 3.05) is 13.1 Å². The van der Waals surface area contributed by atoms with Gasteiger partial charge in [-0.25, -0.2) is 4.79 Å². The molecule has 2 amide bonds. The number of ether oxygens (including phenoxy) is 1. The molecule has 2 aliphatic rings. The number of H-pyrrole nitrogens is 1. The first-order valence-electron chi connectivity index (χ1n) is 11.2. The maximum absolute atomic E-state index is 13.0. The first-order valence-corrected chi connectivity index (χ1v) is 11.2. The molecule has 0 bridgehead atoms. The number of carbonyl (C=O) groups excluding carboxylic acids is 2. The van der Waals surface area contributed by atoms with Gasteiger partial charge in [-0.1, -0.05) is 6.07 Å². The van der Waals surface area contributed by atoms with Crippen molar-refractivity contribution in [2.24, 2.45) is 17.8 Å². The van der Waals surface area contributed by atoms with Crippen molar-refractivity contribution in [1.82, 2.24) is 25.6 Å². The summed E-state index contributed by atoms with van der Waals surface area (Å²) in [7, 11) is 0. The minimum Gasteiger partial charge on any atom is -0.445 e. The van der Waals surface area contributed by atoms with E-state index in [1.165, 1.54) is 4.90 Å². The molecular weight excluding hydrogens is 508 g/mol. The third kappa shape index (κ3) is 5.18. The molecule has 1 aliphatic carbocycles. The second-order valence-corrected chi connectivity index (χ2v) is 9.09. The van der Waals surface area contributed by atoms with E-state index in [-0.39, 0.29) is 42.8 Å². The summed E-state index contributed by atoms with van der Waals surface area (Å²) in [5.41, 5.74) is -1.18. The summed E-state index contributed by atoms with van der Waals surface area (Å²) in [6, 6.07) is 6.44. The van der Waals surface area contributed by atoms with Crippen molar-refractivity contribution in [1.29, 1.82) is 0 Å². The summed E-state index contributed by atoms with van der Waals surface area (Å²) >= 11 is 0. The third-order valence-corrected chi connectivity index (χ3v) is 6.61. The second-order valence-electron chi connectivity index (χ2n) is 9.09. The molecule has 1 aliphatic heterocycles. The van der Waals surface area contributed by atoms with Crippen LogP contribution in [0.15, 0.2) is 36.4 Å². The van der Waals surface area contributed by atoms with Crippen LogP contribution in [0.3, 0.4) is 0 Å². The Morgan fingerprint density at radius 1 is 0.919 bits per heavy atom. The Labute approximate surface area is 204 Å². The molecule has 3 aromatic rings. The van der Waals surface area contributed by atoms with Crippen molar-refractivity contribution in [3.8, 4) is 0 Å². The van der Waals surface area contributed by atoms with Crippen molar-refractivity contribution in [3.05, 3.63) is 58.7 Å². The summed E-state index contributed by atoms with van der Waals surface area (Å²) in [5, 5.41) is 13.3. The molecule has 2 fully saturated rings. The van der Waals surface area contributed by atoms with Gasteiger partial charge in [0.15, 0.2) is 0 Å². The van der Waals surface area contributed by atoms with E-state index in [1.54, 1.807) is 12.1 Å². The SMILES string of the molecule is O=C(NCc1ccc2n[nH]nc2c1)C1[C@H]2CN(C(=O)OCc3cc(C(F)(F)F)cc(C(F)(F)F)c3)C[C@@H]12. The number of hydrogen-bond donors (Lipinski definition) is 2. The van der Waals surface area contributed by atoms with Crippen LogP contribution < -0.4 is 5.32 Å². The monoisotopic (exact) mass is 527 g/mol. The Kier molecular flexibility index (Phi) is 5.99. The van der Waals surface area contributed by atoms with Gasteiger partial charge in [-0.05, 0) is 53.3 Å². The zero-order valence-corrected chi connectivity index (χ0v) is 18.9. The molecule has 14 heteroatoms. The lowest BCUT2D eigenvalue weighted by molar-refractivity contribution is -0.143. The number of aromatic nitrogens is 3. The molecule has 2 N–H and O–H groups in total. The van der Waals surface area contributed by atoms with Crippen LogP contribution in [0.4, 0.5) is 31.1 Å². The number of nitrogens with zero attached hydrogens (tertiary/aromatic N) is 3. The van der Waals surface area contributed by atoms with Gasteiger partial charge in [-0.3, -0.25) is 4.79 Å². The molecule has 5 rings (SSSR count). The summed E-state index contributed by atoms with van der Waals surface area (Å²) < 4.78 is 83.0. The lowest BCUT2D eigenvalue weighted by Gasteiger charge is -2.20. The van der Waals surface area contributed by atoms with Crippen LogP contribution in [0.2, 0.25) is 0 Å². The van der Waals surface area contributed by atoms with Gasteiger partial charge in [0.1, 0.15) is 17.6 Å². The van der Waals surface area contributed by atoms with E-state index >= 15 is 0 Å². The molecule has 8 nitrogen and oxygen atoms in total. The second kappa shape index (κ2) is 8.92. The number of likely N-dealkylation sites (tertiary alicyclic amines) is 1. The molecule has 0 spiro atoms. The van der Waals surface area contributed by atoms with Gasteiger partial charge in [-0.2, -0.15) is 41.8 Å². The third-order valence-electron chi connectivity index (χ3n) is 6.61. The normalized spacial score (nSPS) is 21.1. The summed E-state index contributed by atoms with van der Waals surface area (Å²) in [4.78, 5) is 26.2. The number of hydrogen-bond acceptors (Lipinski definition) is 5. The highest BCUT2D eigenvalue weighted by atomic mass is 19.4. The van der Waals surface area contributed by atoms with Crippen LogP contribution in [-0.4, -0.2) is 45.4 Å². The topological polar surface area (TPSA) is 100 Å². The maximum atomic E-state index is 13.0. The van der Waals surface area contributed by atoms with Gasteiger partial charge in [0, 0.05) is 25.6 Å². The van der Waals surface area contributed by atoms with Gasteiger partial charge in [0.2, 0.25) is 5.91 Å². The Morgan fingerprint density at radius 3 is 2.16 bits per heavy atom. The predicted molar refractivity (Wildman–Crippen MR) is 114 cm³/mol. The number of alkyl halides is 6. The molecule has 1 unspecified atom stereocenters. The number of aromatic amines is 1. The fourth-order valence-corrected chi connectivity index (χ4v) is 4.71. The Balaban J connectivity index is 1.12. The number of amides is 2. The van der Waals surface area contributed by atoms with E-state index in [2.05, 4.69) is 20.7 Å². The minimum atomic E-state index is -4.99. The van der Waals surface area contributed by atoms with Gasteiger partial charge >= 0.3 is 18.4 Å². The molecule has 2 aromatic carbocycles. The van der Waals surface area contributed by atoms with Crippen LogP contribution in [0, 0.1) is 17.8 Å². The van der Waals surface area contributed by atoms with Crippen LogP contribution in [-0.2, 0) is 35.0 Å². The molecule has 1 saturated carbocycles. The van der Waals surface area contributed by atoms with Gasteiger partial charge in [-0.15, -0.1) is 0 Å². The number of benzene rings is 2. The quantitative estimate of drug-likeness (QED) is 0.487. The number of carbonyl (C=O) groups is 2. The highest BCUT2D eigenvalue weighted by Gasteiger charge is 2.60. The predicted octanol–water partition coefficient (Wildman–Crippen LogP) is 4.13. The van der Waals surface area contributed by atoms with Crippen LogP contribution in [0.1, 0.15) is 22.3 Å². The average Bonchev–Trinajstić information content (AvgIpc) is 3.15. The highest BCUT2D eigenvalue weighted by Crippen LogP contribution is 2.52. The van der Waals surface area contributed by atoms with Crippen molar-refractivity contribution >= 4 is 23.0 Å². The Hall–Kier alpha value is -3.84. The molecule has 1 saturated heterocycles. The Bertz CT molecular complexity index is 1310. The molecule has 1 aromatic heterocycles. The maximum Gasteiger partial charge on any atom is 0.416 e. The molecular formula is C23H19F6N5O3. The molecule has 37 heavy (non-hydrogen) atoms. The van der Waals surface area contributed by atoms with Crippen LogP contribution in [0.25, 0.3) is 11.0 Å². The van der Waals surface area contributed by atoms with Crippen LogP contribution >= 0.6 is 0 Å². The Morgan fingerprint density at radius 2 is 1.54 bits per heavy atom. The van der Waals surface area contributed by atoms with Crippen molar-refractivity contribution in [3.63, 3.8) is 0 Å². The first-order chi connectivity index (χ1) is 17.4. The molecule has 196 valence electrons. The lowest BCUT2D eigenvalue weighted by atomic mass is 10.1. The number of halogens is 6. The van der Waals surface area contributed by atoms with E-state index < -0.39 is 41.7 Å². The highest BCUT2D eigenvalue weighted by molar-refractivity contribution is 5.83. The van der Waals surface area contributed by atoms with E-state index in [9.17, 15) is 35.9 Å². The van der Waals surface area contributed by atoms with Gasteiger partial charge < -0.3 is 15.0 Å². The van der Waals surface area contributed by atoms with E-state index in [1.807, 2.05) is 6.07 Å². The minimum absolute atomic E-state index is 0.0111. The lowest BCUT2D eigenvalue weighted by Crippen LogP contribution is -2.35. The smallest absolute Gasteiger partial charge is 0.416 e. The molecule has 0 radical (unpaired) electrons. The number of fused-ring (bicyclic) bond motifs is 2. The summed E-state index contributed by atoms with van der Waals surface area (Å²) in [5.74, 6) is -0.614. The summed E-state index contributed by atoms with van der Waals surface area (Å²) in [6.45, 7) is -0.0383. The molecule has 3 atom stereocenters. The van der Waals surface area contributed by atoms with Crippen LogP contribution in [0.5, 0.6) is 0 Å². The number of rotatable bonds is 5. The van der Waals surface area contributed by atoms with E-state index in [0.29, 0.717) is 29.7 Å². The van der Waals surface area contributed by atoms with E-state index in [0.717, 1.165) is 5.56 Å². The van der Waals surface area contributed by atoms with Gasteiger partial charge in [0.05, 0.1) is 11.1 Å². The fourth-order valence-electron chi connectivity index (χ4n) is 4.71. The van der Waals surface area contributed by atoms with Crippen molar-refractivity contribution in [2.45, 2.75) is 25.5 Å². The van der Waals surface area contributed by atoms with Crippen molar-refractivity contribution < 1.29 is 40.7 Å². The van der Waals surface area contributed by atoms with E-state index in [4.69, 9.17) is 4.74 Å². The average molecular weight is 527 g/mol. The fraction of sp³-hybridized carbons (Fsp3) is 0.391. The zero-order valence-electron chi connectivity index (χ0n) is 18.9. The zero-order chi connectivity index (χ0) is 26.5. The number of piperidine rings is 1. The largest absolute Gasteiger partial charge is 0.445 e. The molecule has 2 heterocycles. The first kappa shape index (κ1) is 24.8.